The van der Waals surface area contributed by atoms with Crippen molar-refractivity contribution in [3.63, 3.8) is 0 Å². The van der Waals surface area contributed by atoms with Gasteiger partial charge in [-0.1, -0.05) is 12.1 Å². The maximum atomic E-state index is 5.29. The molecular formula is C13H15N3O. The maximum absolute atomic E-state index is 5.29. The lowest BCUT2D eigenvalue weighted by Crippen LogP contribution is -2.00. The first-order valence-electron chi connectivity index (χ1n) is 5.54. The second kappa shape index (κ2) is 5.30. The van der Waals surface area contributed by atoms with E-state index in [-0.39, 0.29) is 0 Å². The van der Waals surface area contributed by atoms with Gasteiger partial charge in [0.15, 0.2) is 0 Å². The zero-order valence-corrected chi connectivity index (χ0v) is 9.97. The Morgan fingerprint density at radius 1 is 1.18 bits per heavy atom. The van der Waals surface area contributed by atoms with Gasteiger partial charge in [-0.2, -0.15) is 0 Å². The number of hydrogen-bond acceptors (Lipinski definition) is 4. The molecule has 0 aliphatic carbocycles. The summed E-state index contributed by atoms with van der Waals surface area (Å²) in [5.74, 6) is 1.59. The molecular weight excluding hydrogens is 214 g/mol. The number of ether oxygens (including phenoxy) is 1. The van der Waals surface area contributed by atoms with E-state index >= 15 is 0 Å². The summed E-state index contributed by atoms with van der Waals surface area (Å²) < 4.78 is 5.29. The van der Waals surface area contributed by atoms with Crippen LogP contribution in [0.5, 0.6) is 5.75 Å². The van der Waals surface area contributed by atoms with Gasteiger partial charge in [-0.15, -0.1) is 0 Å². The third-order valence-electron chi connectivity index (χ3n) is 2.39. The van der Waals surface area contributed by atoms with Crippen LogP contribution in [-0.2, 0) is 0 Å². The quantitative estimate of drug-likeness (QED) is 0.875. The van der Waals surface area contributed by atoms with Crippen LogP contribution in [0.25, 0.3) is 11.3 Å². The summed E-state index contributed by atoms with van der Waals surface area (Å²) in [6.07, 6.45) is 3.47. The molecule has 0 aliphatic rings. The molecule has 88 valence electrons. The summed E-state index contributed by atoms with van der Waals surface area (Å²) in [5, 5.41) is 3.11. The Morgan fingerprint density at radius 2 is 2.00 bits per heavy atom. The molecule has 0 fully saturated rings. The van der Waals surface area contributed by atoms with Crippen molar-refractivity contribution in [2.75, 3.05) is 19.0 Å². The van der Waals surface area contributed by atoms with Gasteiger partial charge in [0.25, 0.3) is 0 Å². The lowest BCUT2D eigenvalue weighted by molar-refractivity contribution is 0.416. The number of hydrogen-bond donors (Lipinski definition) is 1. The molecule has 0 amide bonds. The standard InChI is InChI=1S/C13H15N3O/c1-3-14-13-9-15-11(8-16-13)10-6-4-5-7-12(10)17-2/h4-9H,3H2,1-2H3,(H,14,16). The molecule has 4 nitrogen and oxygen atoms in total. The molecule has 0 atom stereocenters. The normalized spacial score (nSPS) is 10.0. The fourth-order valence-electron chi connectivity index (χ4n) is 1.60. The molecule has 2 aromatic rings. The Morgan fingerprint density at radius 3 is 2.65 bits per heavy atom. The van der Waals surface area contributed by atoms with Crippen molar-refractivity contribution in [1.29, 1.82) is 0 Å². The first kappa shape index (κ1) is 11.4. The van der Waals surface area contributed by atoms with Crippen molar-refractivity contribution in [1.82, 2.24) is 9.97 Å². The Hall–Kier alpha value is -2.10. The van der Waals surface area contributed by atoms with E-state index in [1.807, 2.05) is 31.2 Å². The van der Waals surface area contributed by atoms with E-state index in [1.165, 1.54) is 0 Å². The van der Waals surface area contributed by atoms with E-state index < -0.39 is 0 Å². The number of nitrogens with one attached hydrogen (secondary N) is 1. The van der Waals surface area contributed by atoms with Gasteiger partial charge in [-0.25, -0.2) is 4.98 Å². The second-order valence-corrected chi connectivity index (χ2v) is 3.52. The Labute approximate surface area is 101 Å². The molecule has 0 spiro atoms. The molecule has 2 rings (SSSR count). The summed E-state index contributed by atoms with van der Waals surface area (Å²) in [7, 11) is 1.65. The molecule has 4 heteroatoms. The first-order valence-corrected chi connectivity index (χ1v) is 5.54. The average molecular weight is 229 g/mol. The lowest BCUT2D eigenvalue weighted by atomic mass is 10.1. The number of methoxy groups -OCH3 is 1. The minimum Gasteiger partial charge on any atom is -0.496 e. The second-order valence-electron chi connectivity index (χ2n) is 3.52. The summed E-state index contributed by atoms with van der Waals surface area (Å²) in [4.78, 5) is 8.66. The van der Waals surface area contributed by atoms with Crippen LogP contribution in [-0.4, -0.2) is 23.6 Å². The predicted octanol–water partition coefficient (Wildman–Crippen LogP) is 2.58. The zero-order valence-electron chi connectivity index (χ0n) is 9.97. The molecule has 0 radical (unpaired) electrons. The summed E-state index contributed by atoms with van der Waals surface area (Å²) in [5.41, 5.74) is 1.76. The van der Waals surface area contributed by atoms with Crippen LogP contribution in [0.3, 0.4) is 0 Å². The van der Waals surface area contributed by atoms with Gasteiger partial charge in [0.05, 0.1) is 25.2 Å². The van der Waals surface area contributed by atoms with Crippen molar-refractivity contribution in [3.8, 4) is 17.0 Å². The highest BCUT2D eigenvalue weighted by Crippen LogP contribution is 2.27. The van der Waals surface area contributed by atoms with E-state index in [0.29, 0.717) is 0 Å². The van der Waals surface area contributed by atoms with Crippen LogP contribution < -0.4 is 10.1 Å². The summed E-state index contributed by atoms with van der Waals surface area (Å²) in [6, 6.07) is 7.77. The van der Waals surface area contributed by atoms with Crippen molar-refractivity contribution >= 4 is 5.82 Å². The lowest BCUT2D eigenvalue weighted by Gasteiger charge is -2.07. The van der Waals surface area contributed by atoms with Gasteiger partial charge in [-0.3, -0.25) is 4.98 Å². The van der Waals surface area contributed by atoms with Crippen LogP contribution in [0.15, 0.2) is 36.7 Å². The minimum absolute atomic E-state index is 0.783. The summed E-state index contributed by atoms with van der Waals surface area (Å²) >= 11 is 0. The van der Waals surface area contributed by atoms with Crippen molar-refractivity contribution in [2.45, 2.75) is 6.92 Å². The van der Waals surface area contributed by atoms with Crippen LogP contribution in [0.2, 0.25) is 0 Å². The van der Waals surface area contributed by atoms with Crippen LogP contribution in [0, 0.1) is 0 Å². The van der Waals surface area contributed by atoms with Gasteiger partial charge >= 0.3 is 0 Å². The van der Waals surface area contributed by atoms with Crippen molar-refractivity contribution in [3.05, 3.63) is 36.7 Å². The van der Waals surface area contributed by atoms with Crippen LogP contribution in [0.4, 0.5) is 5.82 Å². The fourth-order valence-corrected chi connectivity index (χ4v) is 1.60. The van der Waals surface area contributed by atoms with E-state index in [2.05, 4.69) is 15.3 Å². The molecule has 0 unspecified atom stereocenters. The molecule has 1 aromatic carbocycles. The van der Waals surface area contributed by atoms with E-state index in [1.54, 1.807) is 19.5 Å². The largest absolute Gasteiger partial charge is 0.496 e. The third kappa shape index (κ3) is 2.53. The van der Waals surface area contributed by atoms with Gasteiger partial charge in [0.2, 0.25) is 0 Å². The van der Waals surface area contributed by atoms with Gasteiger partial charge in [0.1, 0.15) is 11.6 Å². The molecule has 0 saturated heterocycles. The molecule has 17 heavy (non-hydrogen) atoms. The monoisotopic (exact) mass is 229 g/mol. The number of aromatic nitrogens is 2. The smallest absolute Gasteiger partial charge is 0.144 e. The van der Waals surface area contributed by atoms with Gasteiger partial charge in [-0.05, 0) is 19.1 Å². The van der Waals surface area contributed by atoms with Crippen molar-refractivity contribution in [2.24, 2.45) is 0 Å². The molecule has 1 heterocycles. The minimum atomic E-state index is 0.783. The average Bonchev–Trinajstić information content (AvgIpc) is 2.40. The first-order chi connectivity index (χ1) is 8.35. The van der Waals surface area contributed by atoms with Crippen molar-refractivity contribution < 1.29 is 4.74 Å². The third-order valence-corrected chi connectivity index (χ3v) is 2.39. The van der Waals surface area contributed by atoms with Crippen LogP contribution >= 0.6 is 0 Å². The highest BCUT2D eigenvalue weighted by atomic mass is 16.5. The number of nitrogens with zero attached hydrogens (tertiary/aromatic N) is 2. The topological polar surface area (TPSA) is 47.0 Å². The SMILES string of the molecule is CCNc1cnc(-c2ccccc2OC)cn1. The summed E-state index contributed by atoms with van der Waals surface area (Å²) in [6.45, 7) is 2.86. The van der Waals surface area contributed by atoms with Crippen LogP contribution in [0.1, 0.15) is 6.92 Å². The van der Waals surface area contributed by atoms with Gasteiger partial charge in [0, 0.05) is 12.1 Å². The van der Waals surface area contributed by atoms with E-state index in [4.69, 9.17) is 4.74 Å². The Kier molecular flexibility index (Phi) is 3.55. The Balaban J connectivity index is 2.33. The highest BCUT2D eigenvalue weighted by molar-refractivity contribution is 5.66. The fraction of sp³-hybridized carbons (Fsp3) is 0.231. The molecule has 0 aliphatic heterocycles. The van der Waals surface area contributed by atoms with E-state index in [9.17, 15) is 0 Å². The molecule has 1 aromatic heterocycles. The van der Waals surface area contributed by atoms with Gasteiger partial charge < -0.3 is 10.1 Å². The number of anilines is 1. The number of benzene rings is 1. The molecule has 0 bridgehead atoms. The highest BCUT2D eigenvalue weighted by Gasteiger charge is 2.06. The number of para-hydroxylation sites is 1. The number of rotatable bonds is 4. The zero-order chi connectivity index (χ0) is 12.1. The molecule has 1 N–H and O–H groups in total. The van der Waals surface area contributed by atoms with E-state index in [0.717, 1.165) is 29.4 Å². The maximum Gasteiger partial charge on any atom is 0.144 e. The predicted molar refractivity (Wildman–Crippen MR) is 68.2 cm³/mol. The Bertz CT molecular complexity index is 482. The molecule has 0 saturated carbocycles.